The average molecular weight is 281 g/mol. The zero-order valence-electron chi connectivity index (χ0n) is 12.0. The molecule has 1 aliphatic rings. The van der Waals surface area contributed by atoms with Crippen molar-refractivity contribution in [2.24, 2.45) is 0 Å². The Morgan fingerprint density at radius 1 is 1.37 bits per heavy atom. The minimum absolute atomic E-state index is 0.645. The maximum Gasteiger partial charge on any atom is 0.0409 e. The van der Waals surface area contributed by atoms with Crippen molar-refractivity contribution in [1.29, 1.82) is 0 Å². The molecule has 2 rings (SSSR count). The Labute approximate surface area is 122 Å². The molecular formula is C16H25ClN2. The lowest BCUT2D eigenvalue weighted by atomic mass is 10.0. The Bertz CT molecular complexity index is 394. The molecule has 0 aromatic heterocycles. The van der Waals surface area contributed by atoms with Gasteiger partial charge in [-0.05, 0) is 30.5 Å². The van der Waals surface area contributed by atoms with Gasteiger partial charge in [0.25, 0.3) is 0 Å². The molecule has 1 N–H and O–H groups in total. The van der Waals surface area contributed by atoms with E-state index in [1.54, 1.807) is 0 Å². The fraction of sp³-hybridized carbons (Fsp3) is 0.625. The zero-order chi connectivity index (χ0) is 13.7. The van der Waals surface area contributed by atoms with Crippen LogP contribution in [0, 0.1) is 0 Å². The first kappa shape index (κ1) is 14.8. The minimum atomic E-state index is 0.645. The van der Waals surface area contributed by atoms with Gasteiger partial charge in [0.05, 0.1) is 0 Å². The van der Waals surface area contributed by atoms with Gasteiger partial charge in [-0.1, -0.05) is 44.0 Å². The van der Waals surface area contributed by atoms with E-state index >= 15 is 0 Å². The first-order valence-electron chi connectivity index (χ1n) is 7.44. The second-order valence-electron chi connectivity index (χ2n) is 5.52. The molecule has 1 aliphatic heterocycles. The van der Waals surface area contributed by atoms with Crippen molar-refractivity contribution in [2.75, 3.05) is 13.1 Å². The highest BCUT2D eigenvalue weighted by Crippen LogP contribution is 2.18. The van der Waals surface area contributed by atoms with E-state index in [-0.39, 0.29) is 0 Å². The molecule has 0 saturated carbocycles. The summed E-state index contributed by atoms with van der Waals surface area (Å²) in [6.07, 6.45) is 3.72. The van der Waals surface area contributed by atoms with Crippen LogP contribution in [0.3, 0.4) is 0 Å². The predicted octanol–water partition coefficient (Wildman–Crippen LogP) is 3.69. The number of benzene rings is 1. The Morgan fingerprint density at radius 2 is 2.21 bits per heavy atom. The van der Waals surface area contributed by atoms with Crippen LogP contribution in [0.1, 0.15) is 38.7 Å². The maximum absolute atomic E-state index is 6.08. The highest BCUT2D eigenvalue weighted by molar-refractivity contribution is 6.30. The standard InChI is InChI=1S/C16H25ClN2/c1-3-6-15-12-19(16(4-2)10-18-15)11-13-7-5-8-14(17)9-13/h5,7-9,15-16,18H,3-4,6,10-12H2,1-2H3. The minimum Gasteiger partial charge on any atom is -0.311 e. The second kappa shape index (κ2) is 7.28. The molecule has 0 radical (unpaired) electrons. The van der Waals surface area contributed by atoms with Gasteiger partial charge in [0.15, 0.2) is 0 Å². The first-order chi connectivity index (χ1) is 9.22. The quantitative estimate of drug-likeness (QED) is 0.885. The van der Waals surface area contributed by atoms with Gasteiger partial charge in [0, 0.05) is 36.7 Å². The summed E-state index contributed by atoms with van der Waals surface area (Å²) in [5.41, 5.74) is 1.32. The number of piperazine rings is 1. The van der Waals surface area contributed by atoms with Gasteiger partial charge in [0.2, 0.25) is 0 Å². The van der Waals surface area contributed by atoms with Crippen molar-refractivity contribution in [3.05, 3.63) is 34.9 Å². The normalized spacial score (nSPS) is 24.6. The smallest absolute Gasteiger partial charge is 0.0409 e. The van der Waals surface area contributed by atoms with Gasteiger partial charge in [-0.25, -0.2) is 0 Å². The molecule has 1 saturated heterocycles. The van der Waals surface area contributed by atoms with Gasteiger partial charge in [-0.3, -0.25) is 4.90 Å². The molecule has 0 spiro atoms. The summed E-state index contributed by atoms with van der Waals surface area (Å²) >= 11 is 6.08. The van der Waals surface area contributed by atoms with Gasteiger partial charge < -0.3 is 5.32 Å². The number of rotatable bonds is 5. The molecular weight excluding hydrogens is 256 g/mol. The molecule has 1 aromatic carbocycles. The van der Waals surface area contributed by atoms with Gasteiger partial charge >= 0.3 is 0 Å². The van der Waals surface area contributed by atoms with Crippen molar-refractivity contribution in [3.8, 4) is 0 Å². The van der Waals surface area contributed by atoms with Crippen molar-refractivity contribution in [3.63, 3.8) is 0 Å². The van der Waals surface area contributed by atoms with Gasteiger partial charge in [0.1, 0.15) is 0 Å². The van der Waals surface area contributed by atoms with Crippen LogP contribution in [0.2, 0.25) is 5.02 Å². The van der Waals surface area contributed by atoms with Crippen molar-refractivity contribution >= 4 is 11.6 Å². The number of nitrogens with one attached hydrogen (secondary N) is 1. The predicted molar refractivity (Wildman–Crippen MR) is 82.6 cm³/mol. The molecule has 1 aromatic rings. The summed E-state index contributed by atoms with van der Waals surface area (Å²) in [6.45, 7) is 7.81. The lowest BCUT2D eigenvalue weighted by molar-refractivity contribution is 0.115. The molecule has 0 aliphatic carbocycles. The third-order valence-electron chi connectivity index (χ3n) is 4.00. The van der Waals surface area contributed by atoms with Crippen LogP contribution in [0.4, 0.5) is 0 Å². The molecule has 2 atom stereocenters. The molecule has 2 unspecified atom stereocenters. The van der Waals surface area contributed by atoms with Gasteiger partial charge in [-0.2, -0.15) is 0 Å². The molecule has 0 amide bonds. The lowest BCUT2D eigenvalue weighted by Gasteiger charge is -2.40. The van der Waals surface area contributed by atoms with Gasteiger partial charge in [-0.15, -0.1) is 0 Å². The topological polar surface area (TPSA) is 15.3 Å². The number of hydrogen-bond acceptors (Lipinski definition) is 2. The maximum atomic E-state index is 6.08. The SMILES string of the molecule is CCCC1CN(Cc2cccc(Cl)c2)C(CC)CN1. The largest absolute Gasteiger partial charge is 0.311 e. The Balaban J connectivity index is 2.01. The summed E-state index contributed by atoms with van der Waals surface area (Å²) in [4.78, 5) is 2.61. The Hall–Kier alpha value is -0.570. The van der Waals surface area contributed by atoms with Crippen LogP contribution < -0.4 is 5.32 Å². The molecule has 106 valence electrons. The highest BCUT2D eigenvalue weighted by Gasteiger charge is 2.26. The monoisotopic (exact) mass is 280 g/mol. The van der Waals surface area contributed by atoms with Crippen LogP contribution >= 0.6 is 11.6 Å². The van der Waals surface area contributed by atoms with Crippen LogP contribution in [0.15, 0.2) is 24.3 Å². The third-order valence-corrected chi connectivity index (χ3v) is 4.23. The molecule has 1 heterocycles. The summed E-state index contributed by atoms with van der Waals surface area (Å²) in [7, 11) is 0. The van der Waals surface area contributed by atoms with Crippen LogP contribution in [-0.4, -0.2) is 30.1 Å². The summed E-state index contributed by atoms with van der Waals surface area (Å²) in [6, 6.07) is 9.55. The van der Waals surface area contributed by atoms with Crippen molar-refractivity contribution in [1.82, 2.24) is 10.2 Å². The number of halogens is 1. The van der Waals surface area contributed by atoms with E-state index in [1.165, 1.54) is 24.8 Å². The third kappa shape index (κ3) is 4.20. The van der Waals surface area contributed by atoms with E-state index in [1.807, 2.05) is 12.1 Å². The van der Waals surface area contributed by atoms with Crippen molar-refractivity contribution in [2.45, 2.75) is 51.7 Å². The van der Waals surface area contributed by atoms with Crippen LogP contribution in [-0.2, 0) is 6.54 Å². The molecule has 19 heavy (non-hydrogen) atoms. The Kier molecular flexibility index (Phi) is 5.68. The highest BCUT2D eigenvalue weighted by atomic mass is 35.5. The zero-order valence-corrected chi connectivity index (χ0v) is 12.8. The molecule has 3 heteroatoms. The summed E-state index contributed by atoms with van der Waals surface area (Å²) < 4.78 is 0. The summed E-state index contributed by atoms with van der Waals surface area (Å²) in [5, 5.41) is 4.52. The van der Waals surface area contributed by atoms with Crippen molar-refractivity contribution < 1.29 is 0 Å². The van der Waals surface area contributed by atoms with E-state index in [0.717, 1.165) is 24.7 Å². The molecule has 1 fully saturated rings. The fourth-order valence-electron chi connectivity index (χ4n) is 2.94. The Morgan fingerprint density at radius 3 is 2.89 bits per heavy atom. The first-order valence-corrected chi connectivity index (χ1v) is 7.82. The van der Waals surface area contributed by atoms with Crippen LogP contribution in [0.5, 0.6) is 0 Å². The second-order valence-corrected chi connectivity index (χ2v) is 5.95. The van der Waals surface area contributed by atoms with E-state index in [2.05, 4.69) is 36.2 Å². The molecule has 0 bridgehead atoms. The fourth-order valence-corrected chi connectivity index (χ4v) is 3.15. The van der Waals surface area contributed by atoms with E-state index < -0.39 is 0 Å². The van der Waals surface area contributed by atoms with E-state index in [0.29, 0.717) is 12.1 Å². The number of hydrogen-bond donors (Lipinski definition) is 1. The number of nitrogens with zero attached hydrogens (tertiary/aromatic N) is 1. The van der Waals surface area contributed by atoms with E-state index in [9.17, 15) is 0 Å². The summed E-state index contributed by atoms with van der Waals surface area (Å²) in [5.74, 6) is 0. The molecule has 2 nitrogen and oxygen atoms in total. The average Bonchev–Trinajstić information content (AvgIpc) is 2.39. The lowest BCUT2D eigenvalue weighted by Crippen LogP contribution is -2.55. The van der Waals surface area contributed by atoms with Crippen LogP contribution in [0.25, 0.3) is 0 Å². The van der Waals surface area contributed by atoms with E-state index in [4.69, 9.17) is 11.6 Å².